The summed E-state index contributed by atoms with van der Waals surface area (Å²) in [6, 6.07) is 15.6. The van der Waals surface area contributed by atoms with E-state index in [1.165, 1.54) is 0 Å². The number of carbonyl (C=O) groups is 2. The summed E-state index contributed by atoms with van der Waals surface area (Å²) in [5.74, 6) is -0.517. The minimum Gasteiger partial charge on any atom is -0.324 e. The van der Waals surface area contributed by atoms with Crippen LogP contribution in [0.1, 0.15) is 24.5 Å². The van der Waals surface area contributed by atoms with Gasteiger partial charge in [0, 0.05) is 30.2 Å². The molecule has 28 heavy (non-hydrogen) atoms. The van der Waals surface area contributed by atoms with E-state index >= 15 is 0 Å². The first-order valence-electron chi connectivity index (χ1n) is 9.62. The molecule has 0 bridgehead atoms. The molecule has 1 aromatic heterocycles. The van der Waals surface area contributed by atoms with Crippen molar-refractivity contribution in [3.63, 3.8) is 0 Å². The highest BCUT2D eigenvalue weighted by Crippen LogP contribution is 2.32. The Bertz CT molecular complexity index is 1060. The van der Waals surface area contributed by atoms with Crippen LogP contribution < -0.4 is 10.2 Å². The number of aryl methyl sites for hydroxylation is 2. The molecule has 1 N–H and O–H groups in total. The second-order valence-corrected chi connectivity index (χ2v) is 7.21. The van der Waals surface area contributed by atoms with Crippen molar-refractivity contribution in [2.24, 2.45) is 5.92 Å². The average molecular weight is 373 g/mol. The smallest absolute Gasteiger partial charge is 0.229 e. The number of anilines is 2. The number of amides is 2. The minimum atomic E-state index is -0.379. The van der Waals surface area contributed by atoms with Gasteiger partial charge in [-0.25, -0.2) is 0 Å². The number of para-hydroxylation sites is 2. The fourth-order valence-electron chi connectivity index (χ4n) is 3.93. The third kappa shape index (κ3) is 3.24. The summed E-state index contributed by atoms with van der Waals surface area (Å²) in [6.45, 7) is 4.49. The fourth-order valence-corrected chi connectivity index (χ4v) is 3.93. The van der Waals surface area contributed by atoms with Gasteiger partial charge in [-0.05, 0) is 36.6 Å². The van der Waals surface area contributed by atoms with E-state index in [1.54, 1.807) is 11.1 Å². The second kappa shape index (κ2) is 7.43. The highest BCUT2D eigenvalue weighted by atomic mass is 16.2. The molecule has 5 nitrogen and oxygen atoms in total. The lowest BCUT2D eigenvalue weighted by Gasteiger charge is -2.22. The van der Waals surface area contributed by atoms with Crippen molar-refractivity contribution in [1.29, 1.82) is 0 Å². The third-order valence-electron chi connectivity index (χ3n) is 5.36. The molecular formula is C23H23N3O2. The number of hydrogen-bond acceptors (Lipinski definition) is 3. The molecule has 1 atom stereocenters. The standard InChI is InChI=1S/C23H23N3O2/c1-3-16-8-4-7-15(2)22(16)26-14-18(13-20(26)27)23(28)25-19-11-5-9-17-10-6-12-24-21(17)19/h4-12,18H,3,13-14H2,1-2H3,(H,25,28). The van der Waals surface area contributed by atoms with Crippen molar-refractivity contribution < 1.29 is 9.59 Å². The molecule has 1 fully saturated rings. The molecule has 0 aliphatic carbocycles. The van der Waals surface area contributed by atoms with Crippen LogP contribution in [0.25, 0.3) is 10.9 Å². The van der Waals surface area contributed by atoms with Crippen LogP contribution in [0.2, 0.25) is 0 Å². The lowest BCUT2D eigenvalue weighted by Crippen LogP contribution is -2.29. The highest BCUT2D eigenvalue weighted by Gasteiger charge is 2.36. The number of fused-ring (bicyclic) bond motifs is 1. The quantitative estimate of drug-likeness (QED) is 0.749. The van der Waals surface area contributed by atoms with Crippen LogP contribution in [0.4, 0.5) is 11.4 Å². The topological polar surface area (TPSA) is 62.3 Å². The first-order valence-corrected chi connectivity index (χ1v) is 9.62. The first-order chi connectivity index (χ1) is 13.6. The Morgan fingerprint density at radius 3 is 2.79 bits per heavy atom. The highest BCUT2D eigenvalue weighted by molar-refractivity contribution is 6.06. The summed E-state index contributed by atoms with van der Waals surface area (Å²) in [6.07, 6.45) is 2.78. The number of aromatic nitrogens is 1. The largest absolute Gasteiger partial charge is 0.324 e. The van der Waals surface area contributed by atoms with E-state index in [2.05, 4.69) is 17.2 Å². The number of pyridine rings is 1. The Morgan fingerprint density at radius 1 is 1.18 bits per heavy atom. The normalized spacial score (nSPS) is 16.6. The molecule has 2 aromatic carbocycles. The molecule has 1 unspecified atom stereocenters. The van der Waals surface area contributed by atoms with Gasteiger partial charge in [0.1, 0.15) is 0 Å². The lowest BCUT2D eigenvalue weighted by molar-refractivity contribution is -0.122. The molecule has 2 heterocycles. The van der Waals surface area contributed by atoms with E-state index in [0.717, 1.165) is 34.1 Å². The molecule has 0 radical (unpaired) electrons. The number of rotatable bonds is 4. The van der Waals surface area contributed by atoms with Gasteiger partial charge in [0.25, 0.3) is 0 Å². The zero-order valence-electron chi connectivity index (χ0n) is 16.1. The van der Waals surface area contributed by atoms with E-state index in [0.29, 0.717) is 12.2 Å². The monoisotopic (exact) mass is 373 g/mol. The van der Waals surface area contributed by atoms with Crippen LogP contribution >= 0.6 is 0 Å². The summed E-state index contributed by atoms with van der Waals surface area (Å²) >= 11 is 0. The molecule has 0 saturated carbocycles. The first kappa shape index (κ1) is 18.2. The van der Waals surface area contributed by atoms with Gasteiger partial charge in [0.2, 0.25) is 11.8 Å². The Balaban J connectivity index is 1.57. The zero-order valence-corrected chi connectivity index (χ0v) is 16.1. The van der Waals surface area contributed by atoms with Gasteiger partial charge in [-0.3, -0.25) is 14.6 Å². The van der Waals surface area contributed by atoms with Crippen LogP contribution in [0.5, 0.6) is 0 Å². The van der Waals surface area contributed by atoms with Gasteiger partial charge < -0.3 is 10.2 Å². The van der Waals surface area contributed by atoms with E-state index < -0.39 is 0 Å². The maximum Gasteiger partial charge on any atom is 0.229 e. The molecule has 0 spiro atoms. The fraction of sp³-hybridized carbons (Fsp3) is 0.261. The van der Waals surface area contributed by atoms with Crippen LogP contribution in [-0.4, -0.2) is 23.3 Å². The molecular weight excluding hydrogens is 350 g/mol. The molecule has 3 aromatic rings. The molecule has 1 aliphatic rings. The van der Waals surface area contributed by atoms with Crippen LogP contribution in [-0.2, 0) is 16.0 Å². The summed E-state index contributed by atoms with van der Waals surface area (Å²) in [7, 11) is 0. The Kier molecular flexibility index (Phi) is 4.82. The lowest BCUT2D eigenvalue weighted by atomic mass is 10.0. The van der Waals surface area contributed by atoms with Crippen molar-refractivity contribution in [2.45, 2.75) is 26.7 Å². The van der Waals surface area contributed by atoms with Gasteiger partial charge in [0.15, 0.2) is 0 Å². The van der Waals surface area contributed by atoms with Gasteiger partial charge in [-0.1, -0.05) is 43.3 Å². The molecule has 1 saturated heterocycles. The predicted molar refractivity (Wildman–Crippen MR) is 111 cm³/mol. The van der Waals surface area contributed by atoms with Crippen molar-refractivity contribution in [3.05, 3.63) is 65.9 Å². The maximum atomic E-state index is 12.9. The minimum absolute atomic E-state index is 0.000180. The van der Waals surface area contributed by atoms with E-state index in [1.807, 2.05) is 55.5 Å². The van der Waals surface area contributed by atoms with Gasteiger partial charge >= 0.3 is 0 Å². The molecule has 142 valence electrons. The Morgan fingerprint density at radius 2 is 1.96 bits per heavy atom. The van der Waals surface area contributed by atoms with Crippen molar-refractivity contribution in [2.75, 3.05) is 16.8 Å². The Labute approximate surface area is 164 Å². The third-order valence-corrected chi connectivity index (χ3v) is 5.36. The van der Waals surface area contributed by atoms with Crippen molar-refractivity contribution in [3.8, 4) is 0 Å². The van der Waals surface area contributed by atoms with Gasteiger partial charge in [-0.2, -0.15) is 0 Å². The van der Waals surface area contributed by atoms with Crippen molar-refractivity contribution >= 4 is 34.1 Å². The van der Waals surface area contributed by atoms with E-state index in [9.17, 15) is 9.59 Å². The summed E-state index contributed by atoms with van der Waals surface area (Å²) in [5.41, 5.74) is 4.59. The van der Waals surface area contributed by atoms with Crippen molar-refractivity contribution in [1.82, 2.24) is 4.98 Å². The number of nitrogens with one attached hydrogen (secondary N) is 1. The zero-order chi connectivity index (χ0) is 19.7. The summed E-state index contributed by atoms with van der Waals surface area (Å²) in [5, 5.41) is 3.95. The summed E-state index contributed by atoms with van der Waals surface area (Å²) < 4.78 is 0. The molecule has 5 heteroatoms. The van der Waals surface area contributed by atoms with Crippen LogP contribution in [0, 0.1) is 12.8 Å². The van der Waals surface area contributed by atoms with E-state index in [-0.39, 0.29) is 24.2 Å². The predicted octanol–water partition coefficient (Wildman–Crippen LogP) is 4.10. The average Bonchev–Trinajstić information content (AvgIpc) is 3.09. The van der Waals surface area contributed by atoms with Gasteiger partial charge in [0.05, 0.1) is 17.1 Å². The van der Waals surface area contributed by atoms with Crippen LogP contribution in [0.3, 0.4) is 0 Å². The Hall–Kier alpha value is -3.21. The SMILES string of the molecule is CCc1cccc(C)c1N1CC(C(=O)Nc2cccc3cccnc23)CC1=O. The van der Waals surface area contributed by atoms with E-state index in [4.69, 9.17) is 0 Å². The number of carbonyl (C=O) groups excluding carboxylic acids is 2. The molecule has 4 rings (SSSR count). The molecule has 1 aliphatic heterocycles. The number of hydrogen-bond donors (Lipinski definition) is 1. The summed E-state index contributed by atoms with van der Waals surface area (Å²) in [4.78, 5) is 31.8. The number of benzene rings is 2. The molecule has 2 amide bonds. The number of nitrogens with zero attached hydrogens (tertiary/aromatic N) is 2. The maximum absolute atomic E-state index is 12.9. The van der Waals surface area contributed by atoms with Gasteiger partial charge in [-0.15, -0.1) is 0 Å². The van der Waals surface area contributed by atoms with Crippen LogP contribution in [0.15, 0.2) is 54.7 Å². The second-order valence-electron chi connectivity index (χ2n) is 7.21.